The van der Waals surface area contributed by atoms with Crippen LogP contribution in [0.25, 0.3) is 0 Å². The first-order valence-corrected chi connectivity index (χ1v) is 10.2. The molecule has 0 bridgehead atoms. The van der Waals surface area contributed by atoms with Gasteiger partial charge < -0.3 is 19.3 Å². The van der Waals surface area contributed by atoms with Crippen molar-refractivity contribution in [3.8, 4) is 23.1 Å². The maximum Gasteiger partial charge on any atom is 0.219 e. The lowest BCUT2D eigenvalue weighted by atomic mass is 9.98. The zero-order chi connectivity index (χ0) is 20.5. The molecule has 5 nitrogen and oxygen atoms in total. The Morgan fingerprint density at radius 3 is 2.93 bits per heavy atom. The Hall–Kier alpha value is -3.12. The van der Waals surface area contributed by atoms with Gasteiger partial charge in [-0.25, -0.2) is 9.37 Å². The van der Waals surface area contributed by atoms with E-state index < -0.39 is 0 Å². The summed E-state index contributed by atoms with van der Waals surface area (Å²) in [5, 5.41) is 9.20. The van der Waals surface area contributed by atoms with Crippen molar-refractivity contribution in [2.24, 2.45) is 0 Å². The second-order valence-electron chi connectivity index (χ2n) is 7.57. The number of fused-ring (bicyclic) bond motifs is 2. The first-order chi connectivity index (χ1) is 14.7. The summed E-state index contributed by atoms with van der Waals surface area (Å²) in [4.78, 5) is 4.18. The molecular formula is C24H22FNO4. The van der Waals surface area contributed by atoms with Crippen LogP contribution in [0.1, 0.15) is 41.6 Å². The lowest BCUT2D eigenvalue weighted by Crippen LogP contribution is -2.06. The van der Waals surface area contributed by atoms with Gasteiger partial charge in [0.2, 0.25) is 5.88 Å². The molecule has 1 N–H and O–H groups in total. The number of aliphatic hydroxyl groups excluding tert-OH is 1. The molecule has 154 valence electrons. The second kappa shape index (κ2) is 7.95. The zero-order valence-electron chi connectivity index (χ0n) is 16.4. The van der Waals surface area contributed by atoms with Gasteiger partial charge in [0, 0.05) is 47.5 Å². The number of nitrogens with zero attached hydrogens (tertiary/aromatic N) is 1. The average molecular weight is 407 g/mol. The molecule has 0 spiro atoms. The van der Waals surface area contributed by atoms with Crippen molar-refractivity contribution in [2.45, 2.75) is 31.3 Å². The highest BCUT2D eigenvalue weighted by molar-refractivity contribution is 5.49. The van der Waals surface area contributed by atoms with Gasteiger partial charge in [-0.05, 0) is 43.5 Å². The Morgan fingerprint density at radius 1 is 1.17 bits per heavy atom. The number of benzene rings is 2. The van der Waals surface area contributed by atoms with Gasteiger partial charge in [0.1, 0.15) is 29.2 Å². The van der Waals surface area contributed by atoms with Crippen LogP contribution in [0.4, 0.5) is 4.39 Å². The van der Waals surface area contributed by atoms with Crippen molar-refractivity contribution in [1.82, 2.24) is 4.98 Å². The largest absolute Gasteiger partial charge is 0.493 e. The molecule has 1 aromatic heterocycles. The normalized spacial score (nSPS) is 19.1. The average Bonchev–Trinajstić information content (AvgIpc) is 3.36. The maximum absolute atomic E-state index is 14.7. The van der Waals surface area contributed by atoms with Crippen LogP contribution in [0, 0.1) is 5.82 Å². The molecule has 0 saturated heterocycles. The number of aliphatic hydroxyl groups is 1. The van der Waals surface area contributed by atoms with Crippen LogP contribution >= 0.6 is 0 Å². The minimum Gasteiger partial charge on any atom is -0.493 e. The fourth-order valence-electron chi connectivity index (χ4n) is 4.26. The van der Waals surface area contributed by atoms with Crippen molar-refractivity contribution in [3.05, 3.63) is 77.2 Å². The molecule has 0 fully saturated rings. The lowest BCUT2D eigenvalue weighted by molar-refractivity contribution is 0.202. The predicted molar refractivity (Wildman–Crippen MR) is 109 cm³/mol. The van der Waals surface area contributed by atoms with Crippen LogP contribution in [0.15, 0.2) is 54.7 Å². The third kappa shape index (κ3) is 3.48. The highest BCUT2D eigenvalue weighted by atomic mass is 19.1. The van der Waals surface area contributed by atoms with E-state index in [4.69, 9.17) is 14.2 Å². The standard InChI is InChI=1S/C24H22FNO4/c25-19-7-9-20(30-23-3-1-2-11-26-23)18-6-8-21(24(18)19)29-16-4-5-17-15(10-12-27)14-28-22(17)13-16/h1-5,7,9,11,13,15,21,27H,6,8,10,12,14H2. The van der Waals surface area contributed by atoms with Gasteiger partial charge in [0.25, 0.3) is 0 Å². The Kier molecular flexibility index (Phi) is 5.01. The van der Waals surface area contributed by atoms with Crippen molar-refractivity contribution in [3.63, 3.8) is 0 Å². The smallest absolute Gasteiger partial charge is 0.219 e. The SMILES string of the molecule is OCCC1COc2cc(OC3CCc4c(Oc5ccccn5)ccc(F)c43)ccc21. The summed E-state index contributed by atoms with van der Waals surface area (Å²) in [5.41, 5.74) is 2.45. The van der Waals surface area contributed by atoms with E-state index in [1.807, 2.05) is 30.3 Å². The van der Waals surface area contributed by atoms with E-state index in [0.29, 0.717) is 48.8 Å². The quantitative estimate of drug-likeness (QED) is 0.627. The van der Waals surface area contributed by atoms with E-state index in [1.165, 1.54) is 6.07 Å². The van der Waals surface area contributed by atoms with Crippen molar-refractivity contribution in [1.29, 1.82) is 0 Å². The second-order valence-corrected chi connectivity index (χ2v) is 7.57. The fraction of sp³-hybridized carbons (Fsp3) is 0.292. The molecule has 0 radical (unpaired) electrons. The molecule has 30 heavy (non-hydrogen) atoms. The van der Waals surface area contributed by atoms with Gasteiger partial charge >= 0.3 is 0 Å². The summed E-state index contributed by atoms with van der Waals surface area (Å²) >= 11 is 0. The number of hydrogen-bond acceptors (Lipinski definition) is 5. The first kappa shape index (κ1) is 18.9. The van der Waals surface area contributed by atoms with Gasteiger partial charge in [0.15, 0.2) is 0 Å². The van der Waals surface area contributed by atoms with Gasteiger partial charge in [-0.1, -0.05) is 12.1 Å². The van der Waals surface area contributed by atoms with Gasteiger partial charge in [-0.15, -0.1) is 0 Å². The van der Waals surface area contributed by atoms with Crippen molar-refractivity contribution < 1.29 is 23.7 Å². The third-order valence-electron chi connectivity index (χ3n) is 5.71. The van der Waals surface area contributed by atoms with E-state index in [9.17, 15) is 9.50 Å². The minimum atomic E-state index is -0.389. The summed E-state index contributed by atoms with van der Waals surface area (Å²) in [6.07, 6.45) is 3.28. The molecule has 2 unspecified atom stereocenters. The van der Waals surface area contributed by atoms with E-state index in [2.05, 4.69) is 4.98 Å². The Labute approximate surface area is 174 Å². The summed E-state index contributed by atoms with van der Waals surface area (Å²) in [6.45, 7) is 0.696. The monoisotopic (exact) mass is 407 g/mol. The van der Waals surface area contributed by atoms with E-state index >= 15 is 0 Å². The Bertz CT molecular complexity index is 1060. The number of aromatic nitrogens is 1. The number of pyridine rings is 1. The highest BCUT2D eigenvalue weighted by Crippen LogP contribution is 2.44. The first-order valence-electron chi connectivity index (χ1n) is 10.2. The van der Waals surface area contributed by atoms with Crippen LogP contribution in [-0.4, -0.2) is 23.3 Å². The highest BCUT2D eigenvalue weighted by Gasteiger charge is 2.31. The van der Waals surface area contributed by atoms with Gasteiger partial charge in [-0.3, -0.25) is 0 Å². The molecule has 2 aromatic carbocycles. The molecule has 5 rings (SSSR count). The van der Waals surface area contributed by atoms with E-state index in [1.54, 1.807) is 18.3 Å². The van der Waals surface area contributed by atoms with Crippen LogP contribution in [0.5, 0.6) is 23.1 Å². The number of ether oxygens (including phenoxy) is 3. The van der Waals surface area contributed by atoms with Crippen molar-refractivity contribution >= 4 is 0 Å². The summed E-state index contributed by atoms with van der Waals surface area (Å²) in [7, 11) is 0. The maximum atomic E-state index is 14.7. The minimum absolute atomic E-state index is 0.132. The van der Waals surface area contributed by atoms with E-state index in [-0.39, 0.29) is 24.4 Å². The molecule has 6 heteroatoms. The molecule has 2 atom stereocenters. The predicted octanol–water partition coefficient (Wildman–Crippen LogP) is 4.94. The fourth-order valence-corrected chi connectivity index (χ4v) is 4.26. The molecular weight excluding hydrogens is 385 g/mol. The lowest BCUT2D eigenvalue weighted by Gasteiger charge is -2.17. The Balaban J connectivity index is 1.38. The van der Waals surface area contributed by atoms with Crippen LogP contribution in [0.3, 0.4) is 0 Å². The number of hydrogen-bond donors (Lipinski definition) is 1. The summed E-state index contributed by atoms with van der Waals surface area (Å²) < 4.78 is 32.5. The van der Waals surface area contributed by atoms with Crippen LogP contribution < -0.4 is 14.2 Å². The van der Waals surface area contributed by atoms with Gasteiger partial charge in [0.05, 0.1) is 6.61 Å². The molecule has 1 aliphatic carbocycles. The van der Waals surface area contributed by atoms with Crippen LogP contribution in [-0.2, 0) is 6.42 Å². The summed E-state index contributed by atoms with van der Waals surface area (Å²) in [6, 6.07) is 14.2. The number of rotatable bonds is 6. The molecule has 2 heterocycles. The van der Waals surface area contributed by atoms with Gasteiger partial charge in [-0.2, -0.15) is 0 Å². The molecule has 2 aliphatic rings. The molecule has 0 saturated carbocycles. The van der Waals surface area contributed by atoms with Crippen molar-refractivity contribution in [2.75, 3.05) is 13.2 Å². The molecule has 3 aromatic rings. The zero-order valence-corrected chi connectivity index (χ0v) is 16.4. The van der Waals surface area contributed by atoms with Crippen LogP contribution in [0.2, 0.25) is 0 Å². The molecule has 0 amide bonds. The van der Waals surface area contributed by atoms with E-state index in [0.717, 1.165) is 16.9 Å². The third-order valence-corrected chi connectivity index (χ3v) is 5.71. The summed E-state index contributed by atoms with van der Waals surface area (Å²) in [5.74, 6) is 2.42. The Morgan fingerprint density at radius 2 is 2.10 bits per heavy atom. The molecule has 1 aliphatic heterocycles. The topological polar surface area (TPSA) is 60.8 Å². The number of halogens is 1.